The van der Waals surface area contributed by atoms with Gasteiger partial charge in [-0.2, -0.15) is 4.98 Å². The number of piperazine rings is 1. The van der Waals surface area contributed by atoms with E-state index in [4.69, 9.17) is 21.1 Å². The molecule has 0 radical (unpaired) electrons. The van der Waals surface area contributed by atoms with Crippen molar-refractivity contribution in [1.82, 2.24) is 24.4 Å². The molecule has 1 N–H and O–H groups in total. The zero-order valence-electron chi connectivity index (χ0n) is 26.9. The Kier molecular flexibility index (Phi) is 9.20. The monoisotopic (exact) mass is 680 g/mol. The van der Waals surface area contributed by atoms with Gasteiger partial charge in [-0.25, -0.2) is 23.1 Å². The molecular formula is C34H35ClF2N6O5. The van der Waals surface area contributed by atoms with E-state index in [9.17, 15) is 14.7 Å². The summed E-state index contributed by atoms with van der Waals surface area (Å²) in [6.07, 6.45) is 0.458. The SMILES string of the molecule is C=CC(=O)N1CCN(c2nc(=O)n3c4nc(c(F)cc24)-c2c(ccc(Cl)c2F)OCC(O)C(OCC)c2ccnc(C(C)C)c2-3)[C@@H](C)C1. The van der Waals surface area contributed by atoms with Crippen LogP contribution in [-0.4, -0.2) is 80.4 Å². The van der Waals surface area contributed by atoms with Crippen LogP contribution in [0.3, 0.4) is 0 Å². The number of rotatable bonds is 5. The highest BCUT2D eigenvalue weighted by Crippen LogP contribution is 2.41. The fraction of sp³-hybridized carbons (Fsp3) is 0.382. The highest BCUT2D eigenvalue weighted by molar-refractivity contribution is 6.31. The number of fused-ring (bicyclic) bond motifs is 5. The number of nitrogens with zero attached hydrogens (tertiary/aromatic N) is 6. The van der Waals surface area contributed by atoms with Gasteiger partial charge >= 0.3 is 5.69 Å². The maximum Gasteiger partial charge on any atom is 0.355 e. The first-order valence-corrected chi connectivity index (χ1v) is 16.1. The maximum absolute atomic E-state index is 16.4. The molecular weight excluding hydrogens is 646 g/mol. The van der Waals surface area contributed by atoms with Crippen LogP contribution in [0, 0.1) is 11.6 Å². The molecule has 6 rings (SSSR count). The van der Waals surface area contributed by atoms with Crippen LogP contribution >= 0.6 is 11.6 Å². The standard InChI is InChI=1S/C34H35ClF2N6O5/c1-6-25(45)41-12-13-42(18(5)15-41)32-20-14-22(36)29-26-24(9-8-21(35)27(26)37)48-16-23(44)31(47-7-2)19-10-11-38-28(17(3)4)30(19)43(33(20)39-29)34(46)40-32/h6,8-11,14,17-18,23,31,44H,1,7,12-13,15-16H2,2-5H3/t18-,23?,31?/m0/s1. The molecule has 2 aliphatic rings. The van der Waals surface area contributed by atoms with Crippen molar-refractivity contribution in [2.75, 3.05) is 37.7 Å². The van der Waals surface area contributed by atoms with Crippen molar-refractivity contribution in [2.24, 2.45) is 0 Å². The van der Waals surface area contributed by atoms with Crippen LogP contribution in [0.2, 0.25) is 5.02 Å². The third-order valence-electron chi connectivity index (χ3n) is 8.65. The molecule has 14 heteroatoms. The maximum atomic E-state index is 16.4. The summed E-state index contributed by atoms with van der Waals surface area (Å²) in [5.41, 5.74) is -0.500. The fourth-order valence-corrected chi connectivity index (χ4v) is 6.57. The number of anilines is 1. The molecule has 1 amide bonds. The summed E-state index contributed by atoms with van der Waals surface area (Å²) in [4.78, 5) is 44.0. The molecule has 4 aromatic rings. The Morgan fingerprint density at radius 2 is 2.02 bits per heavy atom. The number of hydrogen-bond acceptors (Lipinski definition) is 9. The van der Waals surface area contributed by atoms with Crippen LogP contribution in [0.4, 0.5) is 14.6 Å². The topological polar surface area (TPSA) is 123 Å². The zero-order valence-corrected chi connectivity index (χ0v) is 27.7. The minimum atomic E-state index is -1.32. The third-order valence-corrected chi connectivity index (χ3v) is 8.94. The Bertz CT molecular complexity index is 1990. The normalized spacial score (nSPS) is 19.4. The molecule has 3 aromatic heterocycles. The van der Waals surface area contributed by atoms with Gasteiger partial charge in [0.15, 0.2) is 17.3 Å². The molecule has 0 saturated carbocycles. The highest BCUT2D eigenvalue weighted by Gasteiger charge is 2.34. The molecule has 0 aliphatic carbocycles. The third kappa shape index (κ3) is 5.69. The Labute approximate surface area is 280 Å². The van der Waals surface area contributed by atoms with Crippen molar-refractivity contribution in [3.8, 4) is 22.7 Å². The fourth-order valence-electron chi connectivity index (χ4n) is 6.41. The zero-order chi connectivity index (χ0) is 34.4. The Hall–Kier alpha value is -4.46. The molecule has 5 heterocycles. The first kappa shape index (κ1) is 33.4. The number of carbonyl (C=O) groups is 1. The summed E-state index contributed by atoms with van der Waals surface area (Å²) in [6.45, 7) is 11.7. The highest BCUT2D eigenvalue weighted by atomic mass is 35.5. The molecule has 48 heavy (non-hydrogen) atoms. The molecule has 0 spiro atoms. The van der Waals surface area contributed by atoms with Gasteiger partial charge in [-0.3, -0.25) is 9.78 Å². The minimum absolute atomic E-state index is 0.0371. The molecule has 2 aliphatic heterocycles. The second kappa shape index (κ2) is 13.2. The van der Waals surface area contributed by atoms with Gasteiger partial charge in [0, 0.05) is 44.0 Å². The van der Waals surface area contributed by atoms with Gasteiger partial charge in [-0.15, -0.1) is 0 Å². The van der Waals surface area contributed by atoms with Crippen LogP contribution in [-0.2, 0) is 9.53 Å². The van der Waals surface area contributed by atoms with E-state index in [1.165, 1.54) is 28.8 Å². The lowest BCUT2D eigenvalue weighted by Crippen LogP contribution is -2.54. The first-order chi connectivity index (χ1) is 23.0. The van der Waals surface area contributed by atoms with Gasteiger partial charge < -0.3 is 24.4 Å². The second-order valence-corrected chi connectivity index (χ2v) is 12.5. The van der Waals surface area contributed by atoms with E-state index in [0.29, 0.717) is 24.3 Å². The lowest BCUT2D eigenvalue weighted by Gasteiger charge is -2.40. The number of ether oxygens (including phenoxy) is 2. The van der Waals surface area contributed by atoms with Gasteiger partial charge in [0.25, 0.3) is 0 Å². The van der Waals surface area contributed by atoms with Gasteiger partial charge in [-0.05, 0) is 50.1 Å². The van der Waals surface area contributed by atoms with E-state index < -0.39 is 35.2 Å². The predicted octanol–water partition coefficient (Wildman–Crippen LogP) is 4.95. The summed E-state index contributed by atoms with van der Waals surface area (Å²) >= 11 is 6.17. The van der Waals surface area contributed by atoms with Crippen molar-refractivity contribution in [3.63, 3.8) is 0 Å². The number of carbonyl (C=O) groups excluding carboxylic acids is 1. The Balaban J connectivity index is 1.74. The average Bonchev–Trinajstić information content (AvgIpc) is 3.06. The summed E-state index contributed by atoms with van der Waals surface area (Å²) in [5, 5.41) is 11.3. The molecule has 1 saturated heterocycles. The van der Waals surface area contributed by atoms with E-state index >= 15 is 8.78 Å². The first-order valence-electron chi connectivity index (χ1n) is 15.7. The van der Waals surface area contributed by atoms with Crippen molar-refractivity contribution in [3.05, 3.63) is 81.5 Å². The summed E-state index contributed by atoms with van der Waals surface area (Å²) in [5.74, 6) is -2.35. The summed E-state index contributed by atoms with van der Waals surface area (Å²) in [7, 11) is 0. The van der Waals surface area contributed by atoms with Crippen molar-refractivity contribution < 1.29 is 28.2 Å². The molecule has 3 atom stereocenters. The number of pyridine rings is 2. The summed E-state index contributed by atoms with van der Waals surface area (Å²) in [6, 6.07) is 5.10. The number of hydrogen-bond donors (Lipinski definition) is 1. The van der Waals surface area contributed by atoms with Crippen LogP contribution in [0.25, 0.3) is 28.0 Å². The molecule has 1 fully saturated rings. The molecule has 2 unspecified atom stereocenters. The number of aliphatic hydroxyl groups excluding tert-OH is 1. The van der Waals surface area contributed by atoms with Gasteiger partial charge in [0.1, 0.15) is 36.1 Å². The second-order valence-electron chi connectivity index (χ2n) is 12.1. The lowest BCUT2D eigenvalue weighted by molar-refractivity contribution is -0.126. The van der Waals surface area contributed by atoms with E-state index in [-0.39, 0.29) is 76.5 Å². The Morgan fingerprint density at radius 1 is 1.25 bits per heavy atom. The molecule has 11 nitrogen and oxygen atoms in total. The number of aromatic nitrogens is 4. The number of benzene rings is 1. The van der Waals surface area contributed by atoms with Crippen LogP contribution in [0.1, 0.15) is 51.0 Å². The van der Waals surface area contributed by atoms with Crippen LogP contribution < -0.4 is 15.3 Å². The predicted molar refractivity (Wildman–Crippen MR) is 177 cm³/mol. The quantitative estimate of drug-likeness (QED) is 0.292. The van der Waals surface area contributed by atoms with Crippen LogP contribution in [0.15, 0.2) is 47.9 Å². The molecule has 252 valence electrons. The molecule has 1 aromatic carbocycles. The van der Waals surface area contributed by atoms with E-state index in [2.05, 4.69) is 21.5 Å². The molecule has 2 bridgehead atoms. The number of amides is 1. The van der Waals surface area contributed by atoms with Crippen molar-refractivity contribution in [2.45, 2.75) is 51.9 Å². The minimum Gasteiger partial charge on any atom is -0.490 e. The van der Waals surface area contributed by atoms with E-state index in [1.807, 2.05) is 25.7 Å². The Morgan fingerprint density at radius 3 is 2.71 bits per heavy atom. The summed E-state index contributed by atoms with van der Waals surface area (Å²) < 4.78 is 45.4. The van der Waals surface area contributed by atoms with Crippen LogP contribution in [0.5, 0.6) is 5.75 Å². The van der Waals surface area contributed by atoms with Gasteiger partial charge in [-0.1, -0.05) is 32.0 Å². The largest absolute Gasteiger partial charge is 0.490 e. The van der Waals surface area contributed by atoms with Gasteiger partial charge in [0.05, 0.1) is 27.4 Å². The number of halogens is 3. The van der Waals surface area contributed by atoms with Crippen molar-refractivity contribution >= 4 is 34.4 Å². The number of aliphatic hydroxyl groups is 1. The smallest absolute Gasteiger partial charge is 0.355 e. The average molecular weight is 681 g/mol. The van der Waals surface area contributed by atoms with Crippen molar-refractivity contribution in [1.29, 1.82) is 0 Å². The van der Waals surface area contributed by atoms with E-state index in [1.54, 1.807) is 24.1 Å². The van der Waals surface area contributed by atoms with Gasteiger partial charge in [0.2, 0.25) is 5.91 Å². The lowest BCUT2D eigenvalue weighted by atomic mass is 9.97. The van der Waals surface area contributed by atoms with E-state index in [0.717, 1.165) is 0 Å².